The molecule has 2 saturated carbocycles. The Kier molecular flexibility index (Phi) is 4.44. The summed E-state index contributed by atoms with van der Waals surface area (Å²) in [5.41, 5.74) is 1.96. The standard InChI is InChI=1S/C16H21Br2NO/c1-2-20-15-13(17)7-11(8-14(15)18)9-19-10-16(5-6-16)12-3-4-12/h7-8,12,19H,2-6,9-10H2,1H3. The highest BCUT2D eigenvalue weighted by molar-refractivity contribution is 9.11. The van der Waals surface area contributed by atoms with Gasteiger partial charge in [-0.25, -0.2) is 0 Å². The number of benzene rings is 1. The first-order chi connectivity index (χ1) is 9.64. The fourth-order valence-corrected chi connectivity index (χ4v) is 4.55. The van der Waals surface area contributed by atoms with Crippen molar-refractivity contribution in [3.05, 3.63) is 26.6 Å². The van der Waals surface area contributed by atoms with Crippen molar-refractivity contribution >= 4 is 31.9 Å². The van der Waals surface area contributed by atoms with Crippen molar-refractivity contribution in [2.45, 2.75) is 39.2 Å². The summed E-state index contributed by atoms with van der Waals surface area (Å²) in [4.78, 5) is 0. The predicted octanol–water partition coefficient (Wildman–Crippen LogP) is 4.89. The van der Waals surface area contributed by atoms with Crippen LogP contribution in [0.3, 0.4) is 0 Å². The molecule has 1 N–H and O–H groups in total. The van der Waals surface area contributed by atoms with Gasteiger partial charge in [-0.05, 0) is 93.5 Å². The van der Waals surface area contributed by atoms with E-state index in [1.54, 1.807) is 0 Å². The summed E-state index contributed by atoms with van der Waals surface area (Å²) in [6.45, 7) is 4.79. The topological polar surface area (TPSA) is 21.3 Å². The van der Waals surface area contributed by atoms with Gasteiger partial charge in [0.15, 0.2) is 0 Å². The Balaban J connectivity index is 1.57. The molecule has 0 aliphatic heterocycles. The van der Waals surface area contributed by atoms with Gasteiger partial charge in [0.25, 0.3) is 0 Å². The Bertz CT molecular complexity index is 472. The fraction of sp³-hybridized carbons (Fsp3) is 0.625. The summed E-state index contributed by atoms with van der Waals surface area (Å²) >= 11 is 7.19. The maximum Gasteiger partial charge on any atom is 0.147 e. The highest BCUT2D eigenvalue weighted by atomic mass is 79.9. The van der Waals surface area contributed by atoms with Crippen molar-refractivity contribution in [2.75, 3.05) is 13.2 Å². The third-order valence-electron chi connectivity index (χ3n) is 4.49. The second-order valence-electron chi connectivity index (χ2n) is 6.06. The quantitative estimate of drug-likeness (QED) is 0.700. The van der Waals surface area contributed by atoms with Crippen LogP contribution in [0.2, 0.25) is 0 Å². The zero-order valence-corrected chi connectivity index (χ0v) is 15.0. The van der Waals surface area contributed by atoms with E-state index in [1.165, 1.54) is 37.8 Å². The number of hydrogen-bond donors (Lipinski definition) is 1. The summed E-state index contributed by atoms with van der Waals surface area (Å²) in [5.74, 6) is 1.92. The zero-order valence-electron chi connectivity index (χ0n) is 11.8. The monoisotopic (exact) mass is 401 g/mol. The zero-order chi connectivity index (χ0) is 14.2. The minimum atomic E-state index is 0.666. The van der Waals surface area contributed by atoms with Gasteiger partial charge >= 0.3 is 0 Å². The molecular formula is C16H21Br2NO. The smallest absolute Gasteiger partial charge is 0.147 e. The van der Waals surface area contributed by atoms with E-state index in [0.717, 1.165) is 27.2 Å². The lowest BCUT2D eigenvalue weighted by Gasteiger charge is -2.16. The van der Waals surface area contributed by atoms with E-state index in [-0.39, 0.29) is 0 Å². The number of nitrogens with one attached hydrogen (secondary N) is 1. The van der Waals surface area contributed by atoms with Gasteiger partial charge in [0, 0.05) is 13.1 Å². The first-order valence-corrected chi connectivity index (χ1v) is 9.05. The van der Waals surface area contributed by atoms with Crippen LogP contribution in [0.1, 0.15) is 38.2 Å². The molecule has 20 heavy (non-hydrogen) atoms. The molecule has 3 rings (SSSR count). The van der Waals surface area contributed by atoms with E-state index in [1.807, 2.05) is 6.92 Å². The van der Waals surface area contributed by atoms with Crippen LogP contribution in [-0.4, -0.2) is 13.2 Å². The molecule has 110 valence electrons. The number of halogens is 2. The first kappa shape index (κ1) is 14.9. The molecule has 2 aliphatic rings. The summed E-state index contributed by atoms with van der Waals surface area (Å²) in [6.07, 6.45) is 5.78. The molecule has 2 nitrogen and oxygen atoms in total. The van der Waals surface area contributed by atoms with Crippen molar-refractivity contribution in [1.29, 1.82) is 0 Å². The Morgan fingerprint density at radius 1 is 1.25 bits per heavy atom. The van der Waals surface area contributed by atoms with E-state index < -0.39 is 0 Å². The molecule has 4 heteroatoms. The minimum Gasteiger partial charge on any atom is -0.492 e. The normalized spacial score (nSPS) is 19.9. The Morgan fingerprint density at radius 3 is 2.40 bits per heavy atom. The lowest BCUT2D eigenvalue weighted by Crippen LogP contribution is -2.25. The summed E-state index contributed by atoms with van der Waals surface area (Å²) in [7, 11) is 0. The van der Waals surface area contributed by atoms with Crippen molar-refractivity contribution < 1.29 is 4.74 Å². The Labute approximate surface area is 137 Å². The van der Waals surface area contributed by atoms with Crippen LogP contribution >= 0.6 is 31.9 Å². The van der Waals surface area contributed by atoms with E-state index in [9.17, 15) is 0 Å². The third kappa shape index (κ3) is 3.23. The van der Waals surface area contributed by atoms with Crippen LogP contribution < -0.4 is 10.1 Å². The number of ether oxygens (including phenoxy) is 1. The molecule has 1 aromatic rings. The predicted molar refractivity (Wildman–Crippen MR) is 89.1 cm³/mol. The van der Waals surface area contributed by atoms with Gasteiger partial charge in [-0.2, -0.15) is 0 Å². The van der Waals surface area contributed by atoms with Crippen molar-refractivity contribution in [3.8, 4) is 5.75 Å². The van der Waals surface area contributed by atoms with Gasteiger partial charge in [0.2, 0.25) is 0 Å². The minimum absolute atomic E-state index is 0.666. The fourth-order valence-electron chi connectivity index (χ4n) is 3.04. The molecule has 2 aliphatic carbocycles. The molecule has 0 aromatic heterocycles. The van der Waals surface area contributed by atoms with Crippen LogP contribution in [0.25, 0.3) is 0 Å². The molecule has 0 saturated heterocycles. The van der Waals surface area contributed by atoms with E-state index in [4.69, 9.17) is 4.74 Å². The maximum atomic E-state index is 5.62. The second kappa shape index (κ2) is 5.98. The van der Waals surface area contributed by atoms with Crippen molar-refractivity contribution in [1.82, 2.24) is 5.32 Å². The van der Waals surface area contributed by atoms with Crippen LogP contribution in [0.15, 0.2) is 21.1 Å². The molecule has 2 fully saturated rings. The summed E-state index contributed by atoms with van der Waals surface area (Å²) < 4.78 is 7.66. The van der Waals surface area contributed by atoms with Crippen LogP contribution in [-0.2, 0) is 6.54 Å². The SMILES string of the molecule is CCOc1c(Br)cc(CNCC2(C3CC3)CC2)cc1Br. The van der Waals surface area contributed by atoms with Gasteiger partial charge in [-0.1, -0.05) is 0 Å². The highest BCUT2D eigenvalue weighted by Crippen LogP contribution is 2.60. The molecule has 0 unspecified atom stereocenters. The van der Waals surface area contributed by atoms with E-state index in [0.29, 0.717) is 12.0 Å². The molecule has 1 aromatic carbocycles. The van der Waals surface area contributed by atoms with Crippen LogP contribution in [0.4, 0.5) is 0 Å². The lowest BCUT2D eigenvalue weighted by molar-refractivity contribution is 0.335. The van der Waals surface area contributed by atoms with Gasteiger partial charge in [0.05, 0.1) is 15.6 Å². The van der Waals surface area contributed by atoms with Crippen LogP contribution in [0, 0.1) is 11.3 Å². The van der Waals surface area contributed by atoms with Gasteiger partial charge in [-0.15, -0.1) is 0 Å². The molecule has 0 atom stereocenters. The number of rotatable bonds is 7. The lowest BCUT2D eigenvalue weighted by atomic mass is 10.0. The van der Waals surface area contributed by atoms with Gasteiger partial charge < -0.3 is 10.1 Å². The van der Waals surface area contributed by atoms with Gasteiger partial charge in [0.1, 0.15) is 5.75 Å². The summed E-state index contributed by atoms with van der Waals surface area (Å²) in [6, 6.07) is 4.30. The average Bonchev–Trinajstić information content (AvgIpc) is 3.25. The molecule has 0 heterocycles. The van der Waals surface area contributed by atoms with Crippen molar-refractivity contribution in [2.24, 2.45) is 11.3 Å². The van der Waals surface area contributed by atoms with Gasteiger partial charge in [-0.3, -0.25) is 0 Å². The molecule has 0 radical (unpaired) electrons. The Morgan fingerprint density at radius 2 is 1.90 bits per heavy atom. The molecular weight excluding hydrogens is 382 g/mol. The Hall–Kier alpha value is -0.0600. The first-order valence-electron chi connectivity index (χ1n) is 7.46. The highest BCUT2D eigenvalue weighted by Gasteiger charge is 2.53. The summed E-state index contributed by atoms with van der Waals surface area (Å²) in [5, 5.41) is 3.65. The molecule has 0 bridgehead atoms. The molecule has 0 spiro atoms. The van der Waals surface area contributed by atoms with E-state index in [2.05, 4.69) is 49.3 Å². The second-order valence-corrected chi connectivity index (χ2v) is 7.77. The average molecular weight is 403 g/mol. The third-order valence-corrected chi connectivity index (χ3v) is 5.67. The molecule has 0 amide bonds. The number of hydrogen-bond acceptors (Lipinski definition) is 2. The largest absolute Gasteiger partial charge is 0.492 e. The van der Waals surface area contributed by atoms with E-state index >= 15 is 0 Å². The van der Waals surface area contributed by atoms with Crippen molar-refractivity contribution in [3.63, 3.8) is 0 Å². The maximum absolute atomic E-state index is 5.62. The van der Waals surface area contributed by atoms with Crippen LogP contribution in [0.5, 0.6) is 5.75 Å².